The SMILES string of the molecule is CCCCCCCCCCCCC(F)(CCCCCC)C(CC)[Si](OC)(OC)OC. The van der Waals surface area contributed by atoms with Gasteiger partial charge in [-0.15, -0.1) is 0 Å². The molecule has 0 fully saturated rings. The molecule has 0 aliphatic rings. The van der Waals surface area contributed by atoms with Crippen LogP contribution in [0.15, 0.2) is 0 Å². The number of hydrogen-bond donors (Lipinski definition) is 0. The first kappa shape index (κ1) is 30.0. The van der Waals surface area contributed by atoms with Crippen molar-refractivity contribution in [2.45, 2.75) is 141 Å². The van der Waals surface area contributed by atoms with Gasteiger partial charge < -0.3 is 13.3 Å². The molecule has 0 heterocycles. The molecule has 0 aromatic heterocycles. The molecule has 3 nitrogen and oxygen atoms in total. The maximum Gasteiger partial charge on any atom is 0.506 e. The van der Waals surface area contributed by atoms with Crippen LogP contribution in [0.1, 0.15) is 130 Å². The molecule has 30 heavy (non-hydrogen) atoms. The van der Waals surface area contributed by atoms with Gasteiger partial charge in [-0.25, -0.2) is 4.39 Å². The van der Waals surface area contributed by atoms with E-state index in [0.29, 0.717) is 19.3 Å². The van der Waals surface area contributed by atoms with Crippen LogP contribution in [-0.4, -0.2) is 35.8 Å². The van der Waals surface area contributed by atoms with Gasteiger partial charge in [0.05, 0.1) is 5.54 Å². The third-order valence-corrected chi connectivity index (χ3v) is 10.2. The lowest BCUT2D eigenvalue weighted by atomic mass is 9.87. The molecule has 2 unspecified atom stereocenters. The molecular weight excluding hydrogens is 395 g/mol. The molecule has 0 saturated heterocycles. The Morgan fingerprint density at radius 2 is 0.933 bits per heavy atom. The standard InChI is InChI=1S/C25H53FO3Si/c1-7-10-12-14-15-16-17-18-19-21-23-25(26,22-20-13-11-8-2)24(9-3)30(27-4,28-5)29-6/h24H,7-23H2,1-6H3. The highest BCUT2D eigenvalue weighted by atomic mass is 28.4. The second-order valence-electron chi connectivity index (χ2n) is 8.95. The van der Waals surface area contributed by atoms with Crippen LogP contribution < -0.4 is 0 Å². The summed E-state index contributed by atoms with van der Waals surface area (Å²) in [5, 5.41) is 0. The monoisotopic (exact) mass is 448 g/mol. The zero-order chi connectivity index (χ0) is 22.7. The Kier molecular flexibility index (Phi) is 18.6. The van der Waals surface area contributed by atoms with Crippen molar-refractivity contribution in [3.63, 3.8) is 0 Å². The van der Waals surface area contributed by atoms with E-state index in [9.17, 15) is 0 Å². The highest BCUT2D eigenvalue weighted by molar-refractivity contribution is 6.62. The van der Waals surface area contributed by atoms with Crippen molar-refractivity contribution in [2.24, 2.45) is 0 Å². The summed E-state index contributed by atoms with van der Waals surface area (Å²) in [5.74, 6) is 0. The van der Waals surface area contributed by atoms with Gasteiger partial charge >= 0.3 is 8.80 Å². The van der Waals surface area contributed by atoms with Crippen LogP contribution in [-0.2, 0) is 13.3 Å². The summed E-state index contributed by atoms with van der Waals surface area (Å²) in [5.41, 5.74) is -1.57. The maximum atomic E-state index is 16.5. The Balaban J connectivity index is 4.71. The van der Waals surface area contributed by atoms with Crippen LogP contribution in [0.2, 0.25) is 5.54 Å². The van der Waals surface area contributed by atoms with Crippen LogP contribution in [0.5, 0.6) is 0 Å². The summed E-state index contributed by atoms with van der Waals surface area (Å²) in [4.78, 5) is 0. The summed E-state index contributed by atoms with van der Waals surface area (Å²) in [6.07, 6.45) is 18.9. The molecule has 0 aliphatic carbocycles. The van der Waals surface area contributed by atoms with Gasteiger partial charge in [0.1, 0.15) is 5.67 Å². The summed E-state index contributed by atoms with van der Waals surface area (Å²) < 4.78 is 33.6. The minimum atomic E-state index is -3.02. The molecule has 0 rings (SSSR count). The first-order chi connectivity index (χ1) is 14.5. The average Bonchev–Trinajstić information content (AvgIpc) is 2.76. The average molecular weight is 449 g/mol. The lowest BCUT2D eigenvalue weighted by molar-refractivity contribution is 0.0430. The topological polar surface area (TPSA) is 27.7 Å². The van der Waals surface area contributed by atoms with Crippen LogP contribution in [0.3, 0.4) is 0 Å². The van der Waals surface area contributed by atoms with Crippen LogP contribution in [0.25, 0.3) is 0 Å². The Hall–Kier alpha value is 0.0269. The molecule has 2 atom stereocenters. The molecular formula is C25H53FO3Si. The van der Waals surface area contributed by atoms with Gasteiger partial charge in [0.25, 0.3) is 0 Å². The second-order valence-corrected chi connectivity index (χ2v) is 12.1. The predicted octanol–water partition coefficient (Wildman–Crippen LogP) is 8.63. The molecule has 0 aromatic rings. The third kappa shape index (κ3) is 11.1. The van der Waals surface area contributed by atoms with Gasteiger partial charge in [-0.05, 0) is 19.3 Å². The Morgan fingerprint density at radius 1 is 0.600 bits per heavy atom. The van der Waals surface area contributed by atoms with Crippen molar-refractivity contribution in [2.75, 3.05) is 21.3 Å². The van der Waals surface area contributed by atoms with Crippen LogP contribution in [0.4, 0.5) is 4.39 Å². The van der Waals surface area contributed by atoms with Gasteiger partial charge in [-0.2, -0.15) is 0 Å². The fourth-order valence-corrected chi connectivity index (χ4v) is 7.61. The van der Waals surface area contributed by atoms with Crippen molar-refractivity contribution in [1.29, 1.82) is 0 Å². The summed E-state index contributed by atoms with van der Waals surface area (Å²) in [6, 6.07) is 0. The normalized spacial score (nSPS) is 15.3. The fraction of sp³-hybridized carbons (Fsp3) is 1.00. The first-order valence-electron chi connectivity index (χ1n) is 12.8. The van der Waals surface area contributed by atoms with Gasteiger partial charge in [0, 0.05) is 21.3 Å². The predicted molar refractivity (Wildman–Crippen MR) is 130 cm³/mol. The van der Waals surface area contributed by atoms with Crippen molar-refractivity contribution >= 4 is 8.80 Å². The smallest absolute Gasteiger partial charge is 0.377 e. The number of halogens is 1. The Bertz CT molecular complexity index is 371. The minimum Gasteiger partial charge on any atom is -0.377 e. The third-order valence-electron chi connectivity index (χ3n) is 6.70. The molecule has 0 radical (unpaired) electrons. The van der Waals surface area contributed by atoms with E-state index in [1.165, 1.54) is 64.2 Å². The molecule has 0 N–H and O–H groups in total. The van der Waals surface area contributed by atoms with E-state index >= 15 is 4.39 Å². The summed E-state index contributed by atoms with van der Waals surface area (Å²) in [6.45, 7) is 6.50. The number of unbranched alkanes of at least 4 members (excludes halogenated alkanes) is 12. The molecule has 182 valence electrons. The fourth-order valence-electron chi connectivity index (χ4n) is 4.83. The van der Waals surface area contributed by atoms with Gasteiger partial charge in [0.15, 0.2) is 0 Å². The zero-order valence-corrected chi connectivity index (χ0v) is 22.2. The lowest BCUT2D eigenvalue weighted by Crippen LogP contribution is -2.54. The molecule has 5 heteroatoms. The molecule has 0 aromatic carbocycles. The van der Waals surface area contributed by atoms with Crippen LogP contribution >= 0.6 is 0 Å². The van der Waals surface area contributed by atoms with E-state index in [0.717, 1.165) is 25.7 Å². The Labute approximate surface area is 189 Å². The van der Waals surface area contributed by atoms with E-state index in [4.69, 9.17) is 13.3 Å². The quantitative estimate of drug-likeness (QED) is 0.122. The highest BCUT2D eigenvalue weighted by Crippen LogP contribution is 2.46. The van der Waals surface area contributed by atoms with E-state index in [1.807, 2.05) is 6.92 Å². The lowest BCUT2D eigenvalue weighted by Gasteiger charge is -2.41. The van der Waals surface area contributed by atoms with Crippen molar-refractivity contribution in [1.82, 2.24) is 0 Å². The largest absolute Gasteiger partial charge is 0.506 e. The van der Waals surface area contributed by atoms with E-state index in [1.54, 1.807) is 21.3 Å². The van der Waals surface area contributed by atoms with Crippen molar-refractivity contribution < 1.29 is 17.7 Å². The van der Waals surface area contributed by atoms with Gasteiger partial charge in [0.2, 0.25) is 0 Å². The highest BCUT2D eigenvalue weighted by Gasteiger charge is 2.56. The summed E-state index contributed by atoms with van der Waals surface area (Å²) in [7, 11) is 1.81. The minimum absolute atomic E-state index is 0.301. The second kappa shape index (κ2) is 18.6. The Morgan fingerprint density at radius 3 is 1.27 bits per heavy atom. The number of rotatable bonds is 22. The van der Waals surface area contributed by atoms with E-state index in [2.05, 4.69) is 13.8 Å². The summed E-state index contributed by atoms with van der Waals surface area (Å²) >= 11 is 0. The van der Waals surface area contributed by atoms with E-state index in [-0.39, 0.29) is 5.54 Å². The van der Waals surface area contributed by atoms with Gasteiger partial charge in [-0.3, -0.25) is 0 Å². The van der Waals surface area contributed by atoms with Crippen molar-refractivity contribution in [3.05, 3.63) is 0 Å². The first-order valence-corrected chi connectivity index (χ1v) is 14.6. The van der Waals surface area contributed by atoms with Crippen LogP contribution in [0, 0.1) is 0 Å². The molecule has 0 bridgehead atoms. The zero-order valence-electron chi connectivity index (χ0n) is 21.2. The maximum absolute atomic E-state index is 16.5. The molecule has 0 aliphatic heterocycles. The van der Waals surface area contributed by atoms with Gasteiger partial charge in [-0.1, -0.05) is 111 Å². The molecule has 0 saturated carbocycles. The van der Waals surface area contributed by atoms with Crippen molar-refractivity contribution in [3.8, 4) is 0 Å². The van der Waals surface area contributed by atoms with E-state index < -0.39 is 14.5 Å². The molecule has 0 amide bonds. The number of alkyl halides is 1. The number of hydrogen-bond acceptors (Lipinski definition) is 3. The molecule has 0 spiro atoms.